The second kappa shape index (κ2) is 6.06. The predicted octanol–water partition coefficient (Wildman–Crippen LogP) is 1.77. The highest BCUT2D eigenvalue weighted by atomic mass is 35.5. The van der Waals surface area contributed by atoms with Gasteiger partial charge in [0.2, 0.25) is 0 Å². The first-order valence-electron chi connectivity index (χ1n) is 4.92. The average Bonchev–Trinajstić information content (AvgIpc) is 2.26. The lowest BCUT2D eigenvalue weighted by Gasteiger charge is -2.06. The molecule has 0 saturated heterocycles. The van der Waals surface area contributed by atoms with Gasteiger partial charge in [-0.3, -0.25) is 4.79 Å². The molecule has 4 nitrogen and oxygen atoms in total. The van der Waals surface area contributed by atoms with Crippen molar-refractivity contribution in [1.82, 2.24) is 0 Å². The van der Waals surface area contributed by atoms with Crippen molar-refractivity contribution in [3.8, 4) is 0 Å². The Morgan fingerprint density at radius 3 is 2.76 bits per heavy atom. The zero-order valence-corrected chi connectivity index (χ0v) is 9.98. The summed E-state index contributed by atoms with van der Waals surface area (Å²) < 4.78 is 4.73. The number of hydrogen-bond acceptors (Lipinski definition) is 3. The molecule has 1 atom stereocenters. The van der Waals surface area contributed by atoms with E-state index >= 15 is 0 Å². The molecule has 0 heterocycles. The maximum absolute atomic E-state index is 11.3. The molecule has 0 unspecified atom stereocenters. The Kier molecular flexibility index (Phi) is 4.72. The van der Waals surface area contributed by atoms with E-state index in [-0.39, 0.29) is 0 Å². The minimum absolute atomic E-state index is 0.575. The standard InChI is InChI=1S/C12H12ClNO3/c1-8(12(14)16)17-11(15)6-5-9-3-2-4-10(13)7-9/h2-8H,1H3,(H2,14,16)/b6-5+/t8-/m0/s1. The smallest absolute Gasteiger partial charge is 0.331 e. The second-order valence-corrected chi connectivity index (χ2v) is 3.81. The summed E-state index contributed by atoms with van der Waals surface area (Å²) in [5.41, 5.74) is 5.72. The largest absolute Gasteiger partial charge is 0.449 e. The van der Waals surface area contributed by atoms with Crippen LogP contribution >= 0.6 is 11.6 Å². The highest BCUT2D eigenvalue weighted by molar-refractivity contribution is 6.30. The van der Waals surface area contributed by atoms with Gasteiger partial charge < -0.3 is 10.5 Å². The number of primary amides is 1. The number of carbonyl (C=O) groups is 2. The van der Waals surface area contributed by atoms with Gasteiger partial charge in [-0.25, -0.2) is 4.79 Å². The molecule has 1 rings (SSSR count). The van der Waals surface area contributed by atoms with Gasteiger partial charge in [0, 0.05) is 11.1 Å². The molecule has 0 spiro atoms. The van der Waals surface area contributed by atoms with Gasteiger partial charge in [-0.2, -0.15) is 0 Å². The number of rotatable bonds is 4. The molecule has 1 aromatic rings. The maximum Gasteiger partial charge on any atom is 0.331 e. The van der Waals surface area contributed by atoms with E-state index < -0.39 is 18.0 Å². The van der Waals surface area contributed by atoms with Crippen LogP contribution in [0.5, 0.6) is 0 Å². The number of ether oxygens (including phenoxy) is 1. The summed E-state index contributed by atoms with van der Waals surface area (Å²) in [6, 6.07) is 6.97. The molecule has 90 valence electrons. The fraction of sp³-hybridized carbons (Fsp3) is 0.167. The molecule has 0 radical (unpaired) electrons. The highest BCUT2D eigenvalue weighted by Gasteiger charge is 2.11. The lowest BCUT2D eigenvalue weighted by Crippen LogP contribution is -2.29. The van der Waals surface area contributed by atoms with Crippen LogP contribution in [0.2, 0.25) is 5.02 Å². The monoisotopic (exact) mass is 253 g/mol. The highest BCUT2D eigenvalue weighted by Crippen LogP contribution is 2.11. The van der Waals surface area contributed by atoms with Crippen LogP contribution in [0.4, 0.5) is 0 Å². The summed E-state index contributed by atoms with van der Waals surface area (Å²) in [7, 11) is 0. The summed E-state index contributed by atoms with van der Waals surface area (Å²) >= 11 is 5.77. The Morgan fingerprint density at radius 1 is 1.47 bits per heavy atom. The van der Waals surface area contributed by atoms with Gasteiger partial charge in [0.1, 0.15) is 0 Å². The van der Waals surface area contributed by atoms with Crippen LogP contribution < -0.4 is 5.73 Å². The molecule has 5 heteroatoms. The van der Waals surface area contributed by atoms with E-state index in [0.29, 0.717) is 5.02 Å². The fourth-order valence-electron chi connectivity index (χ4n) is 1.05. The predicted molar refractivity (Wildman–Crippen MR) is 65.2 cm³/mol. The third-order valence-electron chi connectivity index (χ3n) is 1.95. The summed E-state index contributed by atoms with van der Waals surface area (Å²) in [4.78, 5) is 21.9. The number of hydrogen-bond donors (Lipinski definition) is 1. The quantitative estimate of drug-likeness (QED) is 0.657. The van der Waals surface area contributed by atoms with E-state index in [1.165, 1.54) is 13.0 Å². The van der Waals surface area contributed by atoms with Crippen molar-refractivity contribution >= 4 is 29.6 Å². The van der Waals surface area contributed by atoms with E-state index in [2.05, 4.69) is 0 Å². The lowest BCUT2D eigenvalue weighted by atomic mass is 10.2. The van der Waals surface area contributed by atoms with E-state index in [0.717, 1.165) is 5.56 Å². The minimum Gasteiger partial charge on any atom is -0.449 e. The number of amides is 1. The van der Waals surface area contributed by atoms with Crippen LogP contribution in [0.3, 0.4) is 0 Å². The van der Waals surface area contributed by atoms with E-state index in [1.54, 1.807) is 30.3 Å². The van der Waals surface area contributed by atoms with Crippen LogP contribution in [0, 0.1) is 0 Å². The molecule has 2 N–H and O–H groups in total. The van der Waals surface area contributed by atoms with Gasteiger partial charge in [0.15, 0.2) is 6.10 Å². The summed E-state index contributed by atoms with van der Waals surface area (Å²) in [6.07, 6.45) is 1.82. The van der Waals surface area contributed by atoms with Crippen LogP contribution in [-0.2, 0) is 14.3 Å². The molecule has 17 heavy (non-hydrogen) atoms. The van der Waals surface area contributed by atoms with Crippen molar-refractivity contribution in [2.45, 2.75) is 13.0 Å². The van der Waals surface area contributed by atoms with Crippen molar-refractivity contribution in [3.63, 3.8) is 0 Å². The Balaban J connectivity index is 2.59. The lowest BCUT2D eigenvalue weighted by molar-refractivity contribution is -0.148. The minimum atomic E-state index is -0.938. The van der Waals surface area contributed by atoms with Gasteiger partial charge in [0.05, 0.1) is 0 Å². The Hall–Kier alpha value is -1.81. The van der Waals surface area contributed by atoms with Crippen LogP contribution in [0.25, 0.3) is 6.08 Å². The molecule has 0 aromatic heterocycles. The van der Waals surface area contributed by atoms with Gasteiger partial charge in [-0.05, 0) is 30.7 Å². The zero-order valence-electron chi connectivity index (χ0n) is 9.22. The Labute approximate surface area is 104 Å². The second-order valence-electron chi connectivity index (χ2n) is 3.37. The van der Waals surface area contributed by atoms with Crippen LogP contribution in [0.15, 0.2) is 30.3 Å². The summed E-state index contributed by atoms with van der Waals surface area (Å²) in [5, 5.41) is 0.575. The molecular formula is C12H12ClNO3. The van der Waals surface area contributed by atoms with Crippen molar-refractivity contribution < 1.29 is 14.3 Å². The van der Waals surface area contributed by atoms with Gasteiger partial charge in [-0.1, -0.05) is 23.7 Å². The van der Waals surface area contributed by atoms with Crippen LogP contribution in [0.1, 0.15) is 12.5 Å². The zero-order chi connectivity index (χ0) is 12.8. The van der Waals surface area contributed by atoms with Gasteiger partial charge in [-0.15, -0.1) is 0 Å². The maximum atomic E-state index is 11.3. The molecule has 0 aliphatic carbocycles. The number of esters is 1. The van der Waals surface area contributed by atoms with E-state index in [1.807, 2.05) is 0 Å². The van der Waals surface area contributed by atoms with E-state index in [4.69, 9.17) is 22.1 Å². The molecular weight excluding hydrogens is 242 g/mol. The number of carbonyl (C=O) groups excluding carboxylic acids is 2. The number of nitrogens with two attached hydrogens (primary N) is 1. The molecule has 0 aliphatic rings. The summed E-state index contributed by atoms with van der Waals surface area (Å²) in [5.74, 6) is -1.31. The Morgan fingerprint density at radius 2 is 2.18 bits per heavy atom. The van der Waals surface area contributed by atoms with Crippen LogP contribution in [-0.4, -0.2) is 18.0 Å². The van der Waals surface area contributed by atoms with Gasteiger partial charge in [0.25, 0.3) is 5.91 Å². The fourth-order valence-corrected chi connectivity index (χ4v) is 1.24. The topological polar surface area (TPSA) is 69.4 Å². The average molecular weight is 254 g/mol. The molecule has 0 bridgehead atoms. The first-order valence-corrected chi connectivity index (χ1v) is 5.30. The molecule has 0 saturated carbocycles. The molecule has 1 amide bonds. The number of benzene rings is 1. The van der Waals surface area contributed by atoms with E-state index in [9.17, 15) is 9.59 Å². The first-order chi connectivity index (χ1) is 7.99. The van der Waals surface area contributed by atoms with Crippen molar-refractivity contribution in [3.05, 3.63) is 40.9 Å². The number of halogens is 1. The SMILES string of the molecule is C[C@H](OC(=O)/C=C/c1cccc(Cl)c1)C(N)=O. The molecule has 0 aliphatic heterocycles. The summed E-state index contributed by atoms with van der Waals surface area (Å²) in [6.45, 7) is 1.41. The molecule has 1 aromatic carbocycles. The van der Waals surface area contributed by atoms with Crippen molar-refractivity contribution in [2.75, 3.05) is 0 Å². The normalized spacial score (nSPS) is 12.4. The van der Waals surface area contributed by atoms with Crippen molar-refractivity contribution in [2.24, 2.45) is 5.73 Å². The van der Waals surface area contributed by atoms with Crippen molar-refractivity contribution in [1.29, 1.82) is 0 Å². The first kappa shape index (κ1) is 13.3. The third-order valence-corrected chi connectivity index (χ3v) is 2.19. The third kappa shape index (κ3) is 4.70. The Bertz CT molecular complexity index is 457. The molecule has 0 fully saturated rings. The van der Waals surface area contributed by atoms with Gasteiger partial charge >= 0.3 is 5.97 Å².